The summed E-state index contributed by atoms with van der Waals surface area (Å²) in [5.74, 6) is 1.35. The fourth-order valence-corrected chi connectivity index (χ4v) is 3.94. The molecule has 0 spiro atoms. The lowest BCUT2D eigenvalue weighted by Gasteiger charge is -2.33. The van der Waals surface area contributed by atoms with Crippen LogP contribution in [0.15, 0.2) is 18.2 Å². The zero-order valence-corrected chi connectivity index (χ0v) is 19.5. The number of aryl methyl sites for hydroxylation is 2. The third-order valence-electron chi connectivity index (χ3n) is 5.89. The van der Waals surface area contributed by atoms with Crippen LogP contribution in [0.5, 0.6) is 11.5 Å². The summed E-state index contributed by atoms with van der Waals surface area (Å²) in [6.07, 6.45) is -0.536. The highest BCUT2D eigenvalue weighted by atomic mass is 16.5. The zero-order chi connectivity index (χ0) is 22.4. The Labute approximate surface area is 185 Å². The number of aromatic amines is 1. The smallest absolute Gasteiger partial charge is 0.161 e. The predicted octanol–water partition coefficient (Wildman–Crippen LogP) is 1.65. The van der Waals surface area contributed by atoms with Crippen LogP contribution >= 0.6 is 0 Å². The number of hydrogen-bond acceptors (Lipinski definition) is 7. The molecule has 2 N–H and O–H groups in total. The monoisotopic (exact) mass is 431 g/mol. The molecule has 0 bridgehead atoms. The van der Waals surface area contributed by atoms with Crippen LogP contribution in [0.2, 0.25) is 0 Å². The summed E-state index contributed by atoms with van der Waals surface area (Å²) in [4.78, 5) is 6.84. The van der Waals surface area contributed by atoms with Crippen molar-refractivity contribution in [3.8, 4) is 11.5 Å². The molecule has 2 aromatic rings. The van der Waals surface area contributed by atoms with Gasteiger partial charge >= 0.3 is 0 Å². The van der Waals surface area contributed by atoms with Crippen molar-refractivity contribution in [1.82, 2.24) is 24.9 Å². The Morgan fingerprint density at radius 1 is 1.16 bits per heavy atom. The van der Waals surface area contributed by atoms with Gasteiger partial charge in [-0.25, -0.2) is 0 Å². The average Bonchev–Trinajstić information content (AvgIpc) is 3.06. The first-order valence-corrected chi connectivity index (χ1v) is 10.9. The average molecular weight is 432 g/mol. The summed E-state index contributed by atoms with van der Waals surface area (Å²) in [6.45, 7) is 10.6. The molecule has 172 valence electrons. The van der Waals surface area contributed by atoms with Crippen LogP contribution in [0.25, 0.3) is 0 Å². The lowest BCUT2D eigenvalue weighted by molar-refractivity contribution is 0.0497. The topological polar surface area (TPSA) is 77.1 Å². The minimum atomic E-state index is -0.536. The SMILES string of the molecule is COc1ccc(CN(C)Cc2c(C)n[nH]c2C)cc1OCC(O)CN1CCN(C)CC1. The molecule has 0 saturated carbocycles. The molecule has 31 heavy (non-hydrogen) atoms. The van der Waals surface area contributed by atoms with Gasteiger partial charge in [0.15, 0.2) is 11.5 Å². The maximum Gasteiger partial charge on any atom is 0.161 e. The van der Waals surface area contributed by atoms with E-state index in [1.165, 1.54) is 5.56 Å². The van der Waals surface area contributed by atoms with Crippen LogP contribution < -0.4 is 9.47 Å². The van der Waals surface area contributed by atoms with Crippen LogP contribution in [0, 0.1) is 13.8 Å². The summed E-state index contributed by atoms with van der Waals surface area (Å²) < 4.78 is 11.4. The van der Waals surface area contributed by atoms with Gasteiger partial charge < -0.3 is 19.5 Å². The highest BCUT2D eigenvalue weighted by Crippen LogP contribution is 2.29. The number of H-pyrrole nitrogens is 1. The van der Waals surface area contributed by atoms with Crippen LogP contribution in [-0.2, 0) is 13.1 Å². The molecule has 1 atom stereocenters. The first-order chi connectivity index (χ1) is 14.9. The number of aromatic nitrogens is 2. The molecule has 0 amide bonds. The van der Waals surface area contributed by atoms with Gasteiger partial charge in [0.05, 0.1) is 12.8 Å². The lowest BCUT2D eigenvalue weighted by Crippen LogP contribution is -2.47. The van der Waals surface area contributed by atoms with Crippen molar-refractivity contribution in [2.24, 2.45) is 0 Å². The number of methoxy groups -OCH3 is 1. The fraction of sp³-hybridized carbons (Fsp3) is 0.609. The van der Waals surface area contributed by atoms with Gasteiger partial charge in [-0.2, -0.15) is 5.10 Å². The molecular formula is C23H37N5O3. The van der Waals surface area contributed by atoms with Crippen LogP contribution in [0.1, 0.15) is 22.5 Å². The number of ether oxygens (including phenoxy) is 2. The summed E-state index contributed by atoms with van der Waals surface area (Å²) in [5.41, 5.74) is 4.51. The van der Waals surface area contributed by atoms with Crippen molar-refractivity contribution in [2.75, 3.05) is 60.5 Å². The van der Waals surface area contributed by atoms with Crippen molar-refractivity contribution < 1.29 is 14.6 Å². The van der Waals surface area contributed by atoms with Crippen molar-refractivity contribution >= 4 is 0 Å². The number of rotatable bonds is 10. The van der Waals surface area contributed by atoms with E-state index in [1.807, 2.05) is 19.1 Å². The van der Waals surface area contributed by atoms with Crippen LogP contribution in [-0.4, -0.2) is 96.6 Å². The number of piperazine rings is 1. The first-order valence-electron chi connectivity index (χ1n) is 10.9. The van der Waals surface area contributed by atoms with Crippen LogP contribution in [0.3, 0.4) is 0 Å². The number of β-amino-alcohol motifs (C(OH)–C–C–N with tert-alkyl or cyclic N) is 1. The standard InChI is InChI=1S/C23H37N5O3/c1-17-21(18(2)25-24-17)15-27(4)13-19-6-7-22(30-5)23(12-19)31-16-20(29)14-28-10-8-26(3)9-11-28/h6-7,12,20,29H,8-11,13-16H2,1-5H3,(H,24,25). The highest BCUT2D eigenvalue weighted by molar-refractivity contribution is 5.43. The minimum Gasteiger partial charge on any atom is -0.493 e. The second-order valence-corrected chi connectivity index (χ2v) is 8.64. The maximum absolute atomic E-state index is 10.5. The molecule has 1 saturated heterocycles. The van der Waals surface area contributed by atoms with Crippen molar-refractivity contribution in [2.45, 2.75) is 33.0 Å². The number of aliphatic hydroxyl groups excluding tert-OH is 1. The fourth-order valence-electron chi connectivity index (χ4n) is 3.94. The second-order valence-electron chi connectivity index (χ2n) is 8.64. The second kappa shape index (κ2) is 10.9. The van der Waals surface area contributed by atoms with Gasteiger partial charge in [-0.3, -0.25) is 14.9 Å². The molecule has 1 aromatic carbocycles. The van der Waals surface area contributed by atoms with E-state index in [4.69, 9.17) is 9.47 Å². The molecule has 1 unspecified atom stereocenters. The largest absolute Gasteiger partial charge is 0.493 e. The summed E-state index contributed by atoms with van der Waals surface area (Å²) in [7, 11) is 5.86. The van der Waals surface area contributed by atoms with Gasteiger partial charge in [-0.05, 0) is 45.6 Å². The molecule has 0 radical (unpaired) electrons. The molecule has 0 aliphatic carbocycles. The quantitative estimate of drug-likeness (QED) is 0.592. The number of nitrogens with zero attached hydrogens (tertiary/aromatic N) is 4. The summed E-state index contributed by atoms with van der Waals surface area (Å²) in [6, 6.07) is 5.99. The van der Waals surface area contributed by atoms with Gasteiger partial charge in [-0.15, -0.1) is 0 Å². The maximum atomic E-state index is 10.5. The lowest BCUT2D eigenvalue weighted by atomic mass is 10.1. The van der Waals surface area contributed by atoms with E-state index >= 15 is 0 Å². The molecule has 8 heteroatoms. The van der Waals surface area contributed by atoms with Gasteiger partial charge in [0.25, 0.3) is 0 Å². The predicted molar refractivity (Wildman–Crippen MR) is 122 cm³/mol. The molecule has 1 fully saturated rings. The van der Waals surface area contributed by atoms with E-state index in [2.05, 4.69) is 52.0 Å². The van der Waals surface area contributed by atoms with E-state index in [0.717, 1.165) is 56.2 Å². The van der Waals surface area contributed by atoms with Crippen molar-refractivity contribution in [3.63, 3.8) is 0 Å². The number of aliphatic hydroxyl groups is 1. The van der Waals surface area contributed by atoms with Crippen molar-refractivity contribution in [3.05, 3.63) is 40.7 Å². The Bertz CT molecular complexity index is 813. The Kier molecular flexibility index (Phi) is 8.31. The van der Waals surface area contributed by atoms with Gasteiger partial charge in [-0.1, -0.05) is 6.07 Å². The molecule has 1 aromatic heterocycles. The Hall–Kier alpha value is -2.13. The highest BCUT2D eigenvalue weighted by Gasteiger charge is 2.18. The van der Waals surface area contributed by atoms with E-state index in [0.29, 0.717) is 18.0 Å². The molecule has 1 aliphatic heterocycles. The van der Waals surface area contributed by atoms with E-state index in [9.17, 15) is 5.11 Å². The van der Waals surface area contributed by atoms with E-state index in [-0.39, 0.29) is 6.61 Å². The van der Waals surface area contributed by atoms with E-state index in [1.54, 1.807) is 7.11 Å². The molecule has 2 heterocycles. The Morgan fingerprint density at radius 2 is 1.90 bits per heavy atom. The minimum absolute atomic E-state index is 0.245. The molecule has 3 rings (SSSR count). The first kappa shape index (κ1) is 23.5. The number of nitrogens with one attached hydrogen (secondary N) is 1. The van der Waals surface area contributed by atoms with E-state index < -0.39 is 6.10 Å². The third kappa shape index (κ3) is 6.67. The Balaban J connectivity index is 1.55. The zero-order valence-electron chi connectivity index (χ0n) is 19.5. The van der Waals surface area contributed by atoms with Gasteiger partial charge in [0.1, 0.15) is 12.7 Å². The van der Waals surface area contributed by atoms with Crippen molar-refractivity contribution in [1.29, 1.82) is 0 Å². The third-order valence-corrected chi connectivity index (χ3v) is 5.89. The molecule has 1 aliphatic rings. The molecular weight excluding hydrogens is 394 g/mol. The Morgan fingerprint density at radius 3 is 2.55 bits per heavy atom. The summed E-state index contributed by atoms with van der Waals surface area (Å²) in [5, 5.41) is 17.8. The van der Waals surface area contributed by atoms with Gasteiger partial charge in [0, 0.05) is 57.1 Å². The number of likely N-dealkylation sites (N-methyl/N-ethyl adjacent to an activating group) is 1. The van der Waals surface area contributed by atoms with Crippen LogP contribution in [0.4, 0.5) is 0 Å². The summed E-state index contributed by atoms with van der Waals surface area (Å²) >= 11 is 0. The number of benzene rings is 1. The van der Waals surface area contributed by atoms with Gasteiger partial charge in [0.2, 0.25) is 0 Å². The molecule has 8 nitrogen and oxygen atoms in total. The number of hydrogen-bond donors (Lipinski definition) is 2. The normalized spacial score (nSPS) is 16.6.